The highest BCUT2D eigenvalue weighted by atomic mass is 16.4. The highest BCUT2D eigenvalue weighted by Gasteiger charge is 2.22. The van der Waals surface area contributed by atoms with Crippen molar-refractivity contribution in [2.45, 2.75) is 31.8 Å². The largest absolute Gasteiger partial charge is 0.548 e. The number of aromatic nitrogens is 3. The number of hydrogen-bond donors (Lipinski definition) is 3. The van der Waals surface area contributed by atoms with Gasteiger partial charge in [-0.2, -0.15) is 4.68 Å². The Labute approximate surface area is 153 Å². The second-order valence-electron chi connectivity index (χ2n) is 5.85. The average molecular weight is 375 g/mol. The predicted molar refractivity (Wildman–Crippen MR) is 92.3 cm³/mol. The zero-order chi connectivity index (χ0) is 20.0. The lowest BCUT2D eigenvalue weighted by atomic mass is 10.1. The van der Waals surface area contributed by atoms with Gasteiger partial charge < -0.3 is 26.3 Å². The summed E-state index contributed by atoms with van der Waals surface area (Å²) in [6.45, 7) is 1.56. The third-order valence-electron chi connectivity index (χ3n) is 3.91. The van der Waals surface area contributed by atoms with Crippen molar-refractivity contribution in [1.82, 2.24) is 25.6 Å². The number of fused-ring (bicyclic) bond motifs is 1. The topological polar surface area (TPSA) is 172 Å². The van der Waals surface area contributed by atoms with Crippen LogP contribution in [0.25, 0.3) is 10.9 Å². The number of amides is 3. The molecule has 0 saturated heterocycles. The molecule has 0 aliphatic heterocycles. The number of urea groups is 1. The SMILES string of the molecule is C[C@@H](C(=O)N[C@@H](CCCNC(N)=O)C(=O)[O-])n1nnc2ccccc2c1=O. The van der Waals surface area contributed by atoms with Gasteiger partial charge in [0.05, 0.1) is 17.4 Å². The molecule has 1 heterocycles. The Hall–Kier alpha value is -3.50. The Kier molecular flexibility index (Phi) is 6.41. The minimum atomic E-state index is -1.48. The molecule has 3 amide bonds. The van der Waals surface area contributed by atoms with E-state index >= 15 is 0 Å². The Morgan fingerprint density at radius 1 is 1.30 bits per heavy atom. The van der Waals surface area contributed by atoms with Gasteiger partial charge in [-0.3, -0.25) is 9.59 Å². The van der Waals surface area contributed by atoms with E-state index in [-0.39, 0.29) is 19.4 Å². The fraction of sp³-hybridized carbons (Fsp3) is 0.375. The van der Waals surface area contributed by atoms with Crippen LogP contribution in [0.1, 0.15) is 25.8 Å². The Balaban J connectivity index is 2.09. The molecular formula is C16H19N6O5-. The molecule has 144 valence electrons. The van der Waals surface area contributed by atoms with E-state index in [1.54, 1.807) is 24.3 Å². The maximum Gasteiger partial charge on any atom is 0.312 e. The van der Waals surface area contributed by atoms with Crippen LogP contribution in [-0.4, -0.2) is 45.5 Å². The minimum absolute atomic E-state index is 0.0133. The van der Waals surface area contributed by atoms with Crippen LogP contribution in [0.5, 0.6) is 0 Å². The molecule has 4 N–H and O–H groups in total. The smallest absolute Gasteiger partial charge is 0.312 e. The van der Waals surface area contributed by atoms with E-state index in [1.165, 1.54) is 6.92 Å². The third-order valence-corrected chi connectivity index (χ3v) is 3.91. The van der Waals surface area contributed by atoms with Crippen LogP contribution in [-0.2, 0) is 9.59 Å². The van der Waals surface area contributed by atoms with E-state index in [4.69, 9.17) is 5.73 Å². The number of carbonyl (C=O) groups excluding carboxylic acids is 3. The molecule has 11 heteroatoms. The van der Waals surface area contributed by atoms with E-state index in [2.05, 4.69) is 20.9 Å². The summed E-state index contributed by atoms with van der Waals surface area (Å²) in [6.07, 6.45) is 0.269. The molecule has 0 bridgehead atoms. The van der Waals surface area contributed by atoms with Gasteiger partial charge in [-0.1, -0.05) is 17.3 Å². The fourth-order valence-corrected chi connectivity index (χ4v) is 2.43. The van der Waals surface area contributed by atoms with E-state index in [9.17, 15) is 24.3 Å². The summed E-state index contributed by atoms with van der Waals surface area (Å²) < 4.78 is 0.888. The van der Waals surface area contributed by atoms with E-state index < -0.39 is 35.6 Å². The van der Waals surface area contributed by atoms with Crippen LogP contribution in [0, 0.1) is 0 Å². The van der Waals surface area contributed by atoms with Crippen molar-refractivity contribution in [3.05, 3.63) is 34.6 Å². The molecule has 0 fully saturated rings. The third kappa shape index (κ3) is 5.00. The van der Waals surface area contributed by atoms with Crippen LogP contribution in [0.2, 0.25) is 0 Å². The number of carbonyl (C=O) groups is 3. The molecule has 11 nitrogen and oxygen atoms in total. The molecule has 27 heavy (non-hydrogen) atoms. The molecule has 1 aromatic carbocycles. The van der Waals surface area contributed by atoms with E-state index in [0.29, 0.717) is 10.9 Å². The van der Waals surface area contributed by atoms with Crippen molar-refractivity contribution < 1.29 is 19.5 Å². The summed E-state index contributed by atoms with van der Waals surface area (Å²) in [7, 11) is 0. The number of primary amides is 1. The Morgan fingerprint density at radius 3 is 2.67 bits per heavy atom. The van der Waals surface area contributed by atoms with Crippen LogP contribution in [0.3, 0.4) is 0 Å². The summed E-state index contributed by atoms with van der Waals surface area (Å²) in [5.41, 5.74) is 4.79. The number of carboxylic acids is 1. The second-order valence-corrected chi connectivity index (χ2v) is 5.85. The van der Waals surface area contributed by atoms with Crippen molar-refractivity contribution in [3.63, 3.8) is 0 Å². The summed E-state index contributed by atoms with van der Waals surface area (Å²) in [4.78, 5) is 46.7. The molecule has 0 unspecified atom stereocenters. The monoisotopic (exact) mass is 375 g/mol. The first-order valence-electron chi connectivity index (χ1n) is 8.20. The second kappa shape index (κ2) is 8.74. The molecule has 0 spiro atoms. The molecule has 1 aromatic heterocycles. The number of nitrogens with one attached hydrogen (secondary N) is 2. The Morgan fingerprint density at radius 2 is 2.00 bits per heavy atom. The van der Waals surface area contributed by atoms with Crippen molar-refractivity contribution in [1.29, 1.82) is 0 Å². The van der Waals surface area contributed by atoms with E-state index in [1.807, 2.05) is 0 Å². The normalized spacial score (nSPS) is 12.9. The van der Waals surface area contributed by atoms with Gasteiger partial charge in [-0.05, 0) is 31.9 Å². The van der Waals surface area contributed by atoms with Crippen molar-refractivity contribution in [2.24, 2.45) is 5.73 Å². The van der Waals surface area contributed by atoms with Crippen LogP contribution >= 0.6 is 0 Å². The number of aliphatic carboxylic acids is 1. The van der Waals surface area contributed by atoms with Gasteiger partial charge >= 0.3 is 6.03 Å². The first-order chi connectivity index (χ1) is 12.8. The summed E-state index contributed by atoms with van der Waals surface area (Å²) in [5, 5.41) is 23.8. The van der Waals surface area contributed by atoms with Gasteiger partial charge in [0.15, 0.2) is 0 Å². The zero-order valence-corrected chi connectivity index (χ0v) is 14.5. The average Bonchev–Trinajstić information content (AvgIpc) is 2.63. The highest BCUT2D eigenvalue weighted by molar-refractivity contribution is 5.85. The lowest BCUT2D eigenvalue weighted by molar-refractivity contribution is -0.308. The molecule has 0 radical (unpaired) electrons. The van der Waals surface area contributed by atoms with Crippen molar-refractivity contribution in [2.75, 3.05) is 6.54 Å². The molecule has 0 saturated carbocycles. The number of carboxylic acid groups (broad SMARTS) is 1. The van der Waals surface area contributed by atoms with E-state index in [0.717, 1.165) is 4.68 Å². The van der Waals surface area contributed by atoms with Gasteiger partial charge in [0.1, 0.15) is 11.6 Å². The number of benzene rings is 1. The summed E-state index contributed by atoms with van der Waals surface area (Å²) in [6, 6.07) is 3.43. The zero-order valence-electron chi connectivity index (χ0n) is 14.5. The highest BCUT2D eigenvalue weighted by Crippen LogP contribution is 2.07. The van der Waals surface area contributed by atoms with Gasteiger partial charge in [-0.15, -0.1) is 5.10 Å². The molecule has 0 aliphatic rings. The molecule has 2 atom stereocenters. The maximum atomic E-state index is 12.5. The minimum Gasteiger partial charge on any atom is -0.548 e. The predicted octanol–water partition coefficient (Wildman–Crippen LogP) is -1.96. The molecule has 0 aliphatic carbocycles. The fourth-order valence-electron chi connectivity index (χ4n) is 2.43. The molecular weight excluding hydrogens is 356 g/mol. The first-order valence-corrected chi connectivity index (χ1v) is 8.20. The Bertz CT molecular complexity index is 912. The number of hydrogen-bond acceptors (Lipinski definition) is 7. The number of nitrogens with zero attached hydrogens (tertiary/aromatic N) is 3. The van der Waals surface area contributed by atoms with Crippen molar-refractivity contribution >= 4 is 28.8 Å². The van der Waals surface area contributed by atoms with Gasteiger partial charge in [0.2, 0.25) is 5.91 Å². The summed E-state index contributed by atoms with van der Waals surface area (Å²) >= 11 is 0. The number of rotatable bonds is 8. The van der Waals surface area contributed by atoms with Gasteiger partial charge in [0, 0.05) is 6.54 Å². The van der Waals surface area contributed by atoms with Crippen molar-refractivity contribution in [3.8, 4) is 0 Å². The lowest BCUT2D eigenvalue weighted by Gasteiger charge is -2.22. The standard InChI is InChI=1S/C16H20N6O5/c1-9(22-14(24)10-5-2-3-6-11(10)20-21-22)13(23)19-12(15(25)26)7-4-8-18-16(17)27/h2-3,5-6,9,12H,4,7-8H2,1H3,(H,19,23)(H,25,26)(H3,17,18,27)/p-1/t9-,12-/m0/s1. The quantitative estimate of drug-likeness (QED) is 0.449. The van der Waals surface area contributed by atoms with Crippen LogP contribution < -0.4 is 27.0 Å². The summed E-state index contributed by atoms with van der Waals surface area (Å²) in [5.74, 6) is -2.20. The van der Waals surface area contributed by atoms with Gasteiger partial charge in [0.25, 0.3) is 5.56 Å². The number of nitrogens with two attached hydrogens (primary N) is 1. The van der Waals surface area contributed by atoms with Crippen LogP contribution in [0.15, 0.2) is 29.1 Å². The maximum absolute atomic E-state index is 12.5. The molecule has 2 aromatic rings. The molecule has 2 rings (SSSR count). The van der Waals surface area contributed by atoms with Crippen LogP contribution in [0.4, 0.5) is 4.79 Å². The lowest BCUT2D eigenvalue weighted by Crippen LogP contribution is -2.50. The first kappa shape index (κ1) is 19.8. The van der Waals surface area contributed by atoms with Gasteiger partial charge in [-0.25, -0.2) is 4.79 Å².